The number of aromatic nitrogens is 1. The maximum atomic E-state index is 12.7. The molecule has 0 bridgehead atoms. The zero-order chi connectivity index (χ0) is 19.5. The average Bonchev–Trinajstić information content (AvgIpc) is 3.02. The van der Waals surface area contributed by atoms with Crippen LogP contribution in [0.15, 0.2) is 42.4 Å². The van der Waals surface area contributed by atoms with Crippen molar-refractivity contribution in [1.29, 1.82) is 0 Å². The van der Waals surface area contributed by atoms with Crippen LogP contribution in [0.5, 0.6) is 11.5 Å². The van der Waals surface area contributed by atoms with Crippen molar-refractivity contribution in [2.75, 3.05) is 39.3 Å². The largest absolute Gasteiger partial charge is 0.872 e. The van der Waals surface area contributed by atoms with Crippen molar-refractivity contribution < 1.29 is 24.6 Å². The van der Waals surface area contributed by atoms with Gasteiger partial charge in [-0.15, -0.1) is 0 Å². The molecule has 0 radical (unpaired) electrons. The van der Waals surface area contributed by atoms with E-state index >= 15 is 0 Å². The molecule has 1 fully saturated rings. The van der Waals surface area contributed by atoms with Crippen LogP contribution >= 0.6 is 0 Å². The van der Waals surface area contributed by atoms with Crippen molar-refractivity contribution in [3.8, 4) is 11.5 Å². The normalized spacial score (nSPS) is 19.0. The predicted octanol–water partition coefficient (Wildman–Crippen LogP) is -0.536. The van der Waals surface area contributed by atoms with Crippen molar-refractivity contribution in [3.05, 3.63) is 59.1 Å². The van der Waals surface area contributed by atoms with Gasteiger partial charge in [-0.05, 0) is 23.8 Å². The van der Waals surface area contributed by atoms with Crippen molar-refractivity contribution in [2.24, 2.45) is 0 Å². The summed E-state index contributed by atoms with van der Waals surface area (Å²) in [6.45, 7) is 4.90. The third-order valence-corrected chi connectivity index (χ3v) is 5.29. The Bertz CT molecular complexity index is 890. The molecule has 2 aliphatic heterocycles. The highest BCUT2D eigenvalue weighted by Crippen LogP contribution is 2.38. The fraction of sp³-hybridized carbons (Fsp3) is 0.333. The summed E-state index contributed by atoms with van der Waals surface area (Å²) in [5.74, 6) is 0.317. The molecule has 2 aromatic rings. The van der Waals surface area contributed by atoms with E-state index in [1.807, 2.05) is 6.07 Å². The van der Waals surface area contributed by atoms with Gasteiger partial charge in [-0.3, -0.25) is 14.7 Å². The number of fused-ring (bicyclic) bond motifs is 1. The number of carbonyl (C=O) groups is 1. The Morgan fingerprint density at radius 1 is 1.29 bits per heavy atom. The molecule has 1 aromatic carbocycles. The first-order valence-electron chi connectivity index (χ1n) is 9.49. The van der Waals surface area contributed by atoms with Gasteiger partial charge in [-0.1, -0.05) is 17.9 Å². The zero-order valence-electron chi connectivity index (χ0n) is 15.6. The van der Waals surface area contributed by atoms with Gasteiger partial charge in [0, 0.05) is 37.6 Å². The number of aliphatic hydroxyl groups is 1. The molecule has 0 unspecified atom stereocenters. The number of hydrogen-bond acceptors (Lipinski definition) is 6. The van der Waals surface area contributed by atoms with Gasteiger partial charge in [0.15, 0.2) is 5.76 Å². The van der Waals surface area contributed by atoms with Crippen LogP contribution in [0.2, 0.25) is 0 Å². The summed E-state index contributed by atoms with van der Waals surface area (Å²) in [5, 5.41) is 21.6. The number of rotatable bonds is 5. The molecule has 3 heterocycles. The van der Waals surface area contributed by atoms with Gasteiger partial charge in [0.05, 0.1) is 25.3 Å². The molecular weight excluding hydrogens is 358 g/mol. The van der Waals surface area contributed by atoms with Gasteiger partial charge in [-0.25, -0.2) is 0 Å². The van der Waals surface area contributed by atoms with Gasteiger partial charge in [-0.2, -0.15) is 0 Å². The summed E-state index contributed by atoms with van der Waals surface area (Å²) in [6, 6.07) is 6.65. The maximum absolute atomic E-state index is 12.7. The number of pyridine rings is 1. The first-order chi connectivity index (χ1) is 13.7. The number of aliphatic hydroxyl groups excluding tert-OH is 1. The summed E-state index contributed by atoms with van der Waals surface area (Å²) in [6.07, 6.45) is 4.98. The van der Waals surface area contributed by atoms with E-state index in [-0.39, 0.29) is 23.9 Å². The molecule has 0 spiro atoms. The number of piperazine rings is 1. The van der Waals surface area contributed by atoms with Gasteiger partial charge in [0.1, 0.15) is 12.3 Å². The molecule has 0 atom stereocenters. The number of allylic oxidation sites excluding steroid dienone is 1. The number of ether oxygens (including phenoxy) is 1. The number of carbonyl (C=O) groups excluding carboxylic acids is 1. The highest BCUT2D eigenvalue weighted by atomic mass is 16.5. The lowest BCUT2D eigenvalue weighted by Gasteiger charge is -2.32. The molecule has 1 aromatic heterocycles. The SMILES string of the molecule is O=C1C(=Cc2cccnc2)Oc2c1ccc([O-])c2C[NH+]1CCN(CCO)CC1. The van der Waals surface area contributed by atoms with E-state index in [9.17, 15) is 9.90 Å². The van der Waals surface area contributed by atoms with Crippen LogP contribution in [0.3, 0.4) is 0 Å². The molecule has 4 rings (SSSR count). The highest BCUT2D eigenvalue weighted by molar-refractivity contribution is 6.14. The number of nitrogens with one attached hydrogen (secondary N) is 1. The summed E-state index contributed by atoms with van der Waals surface area (Å²) >= 11 is 0. The minimum absolute atomic E-state index is 0.0977. The maximum Gasteiger partial charge on any atom is 0.231 e. The van der Waals surface area contributed by atoms with E-state index in [0.717, 1.165) is 31.7 Å². The molecule has 1 saturated heterocycles. The Morgan fingerprint density at radius 2 is 2.11 bits per heavy atom. The fourth-order valence-corrected chi connectivity index (χ4v) is 3.73. The van der Waals surface area contributed by atoms with Crippen molar-refractivity contribution in [3.63, 3.8) is 0 Å². The lowest BCUT2D eigenvalue weighted by atomic mass is 10.0. The third-order valence-electron chi connectivity index (χ3n) is 5.29. The van der Waals surface area contributed by atoms with Gasteiger partial charge < -0.3 is 19.8 Å². The Balaban J connectivity index is 1.54. The standard InChI is InChI=1S/C21H23N3O4/c25-11-10-23-6-8-24(9-7-23)14-17-18(26)4-3-16-20(27)19(28-21(16)17)12-15-2-1-5-22-13-15/h1-5,12-13,25-26H,6-11,14H2. The topological polar surface area (TPSA) is 90.2 Å². The Kier molecular flexibility index (Phi) is 5.38. The molecule has 28 heavy (non-hydrogen) atoms. The number of benzene rings is 1. The Labute approximate surface area is 163 Å². The summed E-state index contributed by atoms with van der Waals surface area (Å²) in [5.41, 5.74) is 1.78. The minimum atomic E-state index is -0.206. The van der Waals surface area contributed by atoms with Crippen molar-refractivity contribution in [1.82, 2.24) is 9.88 Å². The predicted molar refractivity (Wildman–Crippen MR) is 101 cm³/mol. The van der Waals surface area contributed by atoms with Crippen LogP contribution in [0.1, 0.15) is 21.5 Å². The molecule has 0 aliphatic carbocycles. The molecule has 7 nitrogen and oxygen atoms in total. The lowest BCUT2D eigenvalue weighted by Crippen LogP contribution is -3.13. The first-order valence-corrected chi connectivity index (χ1v) is 9.49. The van der Waals surface area contributed by atoms with Crippen molar-refractivity contribution >= 4 is 11.9 Å². The Morgan fingerprint density at radius 3 is 2.82 bits per heavy atom. The number of hydrogen-bond donors (Lipinski definition) is 2. The molecular formula is C21H23N3O4. The van der Waals surface area contributed by atoms with E-state index in [1.54, 1.807) is 30.6 Å². The minimum Gasteiger partial charge on any atom is -0.872 e. The number of Topliss-reactive ketones (excluding diaryl/α,β-unsaturated/α-hetero) is 1. The second kappa shape index (κ2) is 8.10. The molecule has 146 valence electrons. The van der Waals surface area contributed by atoms with Crippen LogP contribution < -0.4 is 14.7 Å². The summed E-state index contributed by atoms with van der Waals surface area (Å²) in [7, 11) is 0. The van der Waals surface area contributed by atoms with Gasteiger partial charge >= 0.3 is 0 Å². The third kappa shape index (κ3) is 3.77. The average molecular weight is 381 g/mol. The number of quaternary nitrogens is 1. The van der Waals surface area contributed by atoms with E-state index in [1.165, 1.54) is 11.0 Å². The molecule has 0 saturated carbocycles. The van der Waals surface area contributed by atoms with Crippen molar-refractivity contribution in [2.45, 2.75) is 6.54 Å². The molecule has 0 amide bonds. The van der Waals surface area contributed by atoms with E-state index in [0.29, 0.717) is 30.0 Å². The zero-order valence-corrected chi connectivity index (χ0v) is 15.6. The van der Waals surface area contributed by atoms with Gasteiger partial charge in [0.2, 0.25) is 5.78 Å². The number of nitrogens with zero attached hydrogens (tertiary/aromatic N) is 2. The quantitative estimate of drug-likeness (QED) is 0.677. The molecule has 2 aliphatic rings. The summed E-state index contributed by atoms with van der Waals surface area (Å²) in [4.78, 5) is 20.3. The smallest absolute Gasteiger partial charge is 0.231 e. The van der Waals surface area contributed by atoms with Crippen LogP contribution in [-0.4, -0.2) is 60.1 Å². The van der Waals surface area contributed by atoms with Crippen LogP contribution in [0.4, 0.5) is 0 Å². The summed E-state index contributed by atoms with van der Waals surface area (Å²) < 4.78 is 5.86. The van der Waals surface area contributed by atoms with Crippen LogP contribution in [0.25, 0.3) is 6.08 Å². The lowest BCUT2D eigenvalue weighted by molar-refractivity contribution is -0.918. The van der Waals surface area contributed by atoms with E-state index in [2.05, 4.69) is 9.88 Å². The second-order valence-electron chi connectivity index (χ2n) is 7.14. The number of β-amino-alcohol motifs (C(OH)–C–C–N with tert-alkyl or cyclic N) is 1. The van der Waals surface area contributed by atoms with E-state index in [4.69, 9.17) is 9.84 Å². The first kappa shape index (κ1) is 18.6. The van der Waals surface area contributed by atoms with E-state index < -0.39 is 0 Å². The molecule has 7 heteroatoms. The molecule has 2 N–H and O–H groups in total. The fourth-order valence-electron chi connectivity index (χ4n) is 3.73. The van der Waals surface area contributed by atoms with Crippen LogP contribution in [0, 0.1) is 0 Å². The number of ketones is 1. The second-order valence-corrected chi connectivity index (χ2v) is 7.14. The van der Waals surface area contributed by atoms with Crippen LogP contribution in [-0.2, 0) is 6.54 Å². The Hall–Kier alpha value is -2.74. The van der Waals surface area contributed by atoms with Gasteiger partial charge in [0.25, 0.3) is 0 Å². The monoisotopic (exact) mass is 381 g/mol. The highest BCUT2D eigenvalue weighted by Gasteiger charge is 2.31.